The van der Waals surface area contributed by atoms with Crippen LogP contribution in [-0.4, -0.2) is 78.0 Å². The zero-order valence-electron chi connectivity index (χ0n) is 29.1. The van der Waals surface area contributed by atoms with E-state index >= 15 is 0 Å². The number of unbranched alkanes of at least 4 members (excludes halogenated alkanes) is 1. The molecule has 0 spiro atoms. The Morgan fingerprint density at radius 3 is 2.23 bits per heavy atom. The van der Waals surface area contributed by atoms with E-state index in [0.717, 1.165) is 12.8 Å². The highest BCUT2D eigenvalue weighted by Gasteiger charge is 2.28. The van der Waals surface area contributed by atoms with E-state index in [-0.39, 0.29) is 35.6 Å². The van der Waals surface area contributed by atoms with Gasteiger partial charge in [-0.1, -0.05) is 19.0 Å². The molecule has 0 aliphatic carbocycles. The number of carbonyl (C=O) groups is 3. The van der Waals surface area contributed by atoms with Crippen LogP contribution in [0.3, 0.4) is 0 Å². The molecule has 1 heterocycles. The van der Waals surface area contributed by atoms with Gasteiger partial charge in [-0.2, -0.15) is 12.6 Å². The van der Waals surface area contributed by atoms with Crippen LogP contribution in [0.15, 0.2) is 40.9 Å². The third-order valence-corrected chi connectivity index (χ3v) is 8.08. The molecule has 0 aliphatic heterocycles. The van der Waals surface area contributed by atoms with Crippen molar-refractivity contribution in [1.82, 2.24) is 15.4 Å². The first kappa shape index (κ1) is 38.5. The molecule has 3 amide bonds. The van der Waals surface area contributed by atoms with Gasteiger partial charge in [0.1, 0.15) is 11.8 Å². The molecule has 0 bridgehead atoms. The summed E-state index contributed by atoms with van der Waals surface area (Å²) in [5, 5.41) is 10.1. The van der Waals surface area contributed by atoms with Gasteiger partial charge in [-0.05, 0) is 95.4 Å². The molecule has 4 N–H and O–H groups in total. The minimum atomic E-state index is -0.798. The molecule has 0 aliphatic rings. The van der Waals surface area contributed by atoms with Crippen LogP contribution in [0.4, 0.5) is 5.82 Å². The lowest BCUT2D eigenvalue weighted by Crippen LogP contribution is -2.52. The predicted molar refractivity (Wildman–Crippen MR) is 190 cm³/mol. The van der Waals surface area contributed by atoms with Crippen molar-refractivity contribution in [1.29, 1.82) is 0 Å². The molecule has 3 aromatic rings. The highest BCUT2D eigenvalue weighted by atomic mass is 32.1. The third-order valence-electron chi connectivity index (χ3n) is 7.76. The van der Waals surface area contributed by atoms with Crippen molar-refractivity contribution in [3.8, 4) is 17.2 Å². The number of fused-ring (bicyclic) bond motifs is 1. The van der Waals surface area contributed by atoms with Gasteiger partial charge in [0.25, 0.3) is 5.91 Å². The first-order valence-corrected chi connectivity index (χ1v) is 17.1. The Labute approximate surface area is 288 Å². The number of anilines is 1. The third kappa shape index (κ3) is 10.5. The van der Waals surface area contributed by atoms with E-state index in [2.05, 4.69) is 28.4 Å². The number of hydrogen-bond acceptors (Lipinski definition) is 10. The fraction of sp³-hybridized carbons (Fsp3) is 0.543. The second-order valence-electron chi connectivity index (χ2n) is 12.6. The monoisotopic (exact) mass is 685 g/mol. The second kappa shape index (κ2) is 18.5. The number of nitrogens with zero attached hydrogens (tertiary/aromatic N) is 2. The Hall–Kier alpha value is -3.97. The topological polar surface area (TPSA) is 158 Å². The summed E-state index contributed by atoms with van der Waals surface area (Å²) in [5.41, 5.74) is 6.97. The molecule has 12 nitrogen and oxygen atoms in total. The molecule has 264 valence electrons. The number of aromatic nitrogens is 1. The van der Waals surface area contributed by atoms with E-state index in [1.165, 1.54) is 0 Å². The number of hydrogen-bond donors (Lipinski definition) is 4. The largest absolute Gasteiger partial charge is 0.493 e. The molecule has 13 heteroatoms. The van der Waals surface area contributed by atoms with Gasteiger partial charge in [0, 0.05) is 23.7 Å². The summed E-state index contributed by atoms with van der Waals surface area (Å²) in [6, 6.07) is 9.15. The molecule has 3 rings (SSSR count). The highest BCUT2D eigenvalue weighted by Crippen LogP contribution is 2.30. The Kier molecular flexibility index (Phi) is 14.9. The van der Waals surface area contributed by atoms with Crippen LogP contribution in [0, 0.1) is 5.92 Å². The number of nitrogens with two attached hydrogens (primary N) is 1. The maximum atomic E-state index is 13.1. The van der Waals surface area contributed by atoms with Crippen LogP contribution in [0.25, 0.3) is 11.0 Å². The molecule has 48 heavy (non-hydrogen) atoms. The molecular weight excluding hydrogens is 634 g/mol. The lowest BCUT2D eigenvalue weighted by Gasteiger charge is -2.31. The molecular formula is C35H51N5O7S. The van der Waals surface area contributed by atoms with E-state index in [4.69, 9.17) is 24.5 Å². The van der Waals surface area contributed by atoms with Crippen LogP contribution < -0.4 is 30.6 Å². The van der Waals surface area contributed by atoms with Crippen molar-refractivity contribution in [3.05, 3.63) is 42.0 Å². The zero-order valence-corrected chi connectivity index (χ0v) is 30.0. The van der Waals surface area contributed by atoms with E-state index in [0.29, 0.717) is 65.6 Å². The van der Waals surface area contributed by atoms with Crippen LogP contribution in [0.2, 0.25) is 0 Å². The molecule has 0 saturated heterocycles. The quantitative estimate of drug-likeness (QED) is 0.0951. The lowest BCUT2D eigenvalue weighted by atomic mass is 10.0. The van der Waals surface area contributed by atoms with Gasteiger partial charge in [0.05, 0.1) is 31.8 Å². The first-order chi connectivity index (χ1) is 22.9. The van der Waals surface area contributed by atoms with E-state index < -0.39 is 18.0 Å². The Morgan fingerprint density at radius 2 is 1.60 bits per heavy atom. The zero-order chi connectivity index (χ0) is 35.4. The summed E-state index contributed by atoms with van der Waals surface area (Å²) in [4.78, 5) is 40.5. The van der Waals surface area contributed by atoms with E-state index in [1.807, 2.05) is 46.4 Å². The SMILES string of the molecule is COc1cc(C(=O)N(C(C)C)C(C)C)ccc1OCCCCOc1ccc2c(NC(=O)C(NC(=O)C(N)CCCS)C(C)C)noc2c1. The molecule has 0 saturated carbocycles. The fourth-order valence-corrected chi connectivity index (χ4v) is 5.42. The van der Waals surface area contributed by atoms with Crippen molar-refractivity contribution >= 4 is 47.1 Å². The average molecular weight is 686 g/mol. The van der Waals surface area contributed by atoms with Gasteiger partial charge < -0.3 is 40.0 Å². The molecule has 0 radical (unpaired) electrons. The molecule has 2 unspecified atom stereocenters. The summed E-state index contributed by atoms with van der Waals surface area (Å²) >= 11 is 4.16. The van der Waals surface area contributed by atoms with E-state index in [9.17, 15) is 14.4 Å². The number of thiol groups is 1. The normalized spacial score (nSPS) is 12.7. The Morgan fingerprint density at radius 1 is 0.917 bits per heavy atom. The second-order valence-corrected chi connectivity index (χ2v) is 13.0. The number of ether oxygens (including phenoxy) is 3. The van der Waals surface area contributed by atoms with Crippen LogP contribution in [-0.2, 0) is 9.59 Å². The summed E-state index contributed by atoms with van der Waals surface area (Å²) < 4.78 is 22.8. The molecule has 2 aromatic carbocycles. The van der Waals surface area contributed by atoms with Gasteiger partial charge in [0.2, 0.25) is 11.8 Å². The summed E-state index contributed by atoms with van der Waals surface area (Å²) in [6.45, 7) is 12.6. The van der Waals surface area contributed by atoms with Crippen LogP contribution in [0.5, 0.6) is 17.2 Å². The van der Waals surface area contributed by atoms with Gasteiger partial charge in [-0.15, -0.1) is 0 Å². The maximum Gasteiger partial charge on any atom is 0.254 e. The number of carbonyl (C=O) groups excluding carboxylic acids is 3. The minimum Gasteiger partial charge on any atom is -0.493 e. The van der Waals surface area contributed by atoms with Gasteiger partial charge in [0.15, 0.2) is 22.9 Å². The van der Waals surface area contributed by atoms with E-state index in [1.54, 1.807) is 43.5 Å². The number of rotatable bonds is 19. The van der Waals surface area contributed by atoms with Crippen molar-refractivity contribution in [2.75, 3.05) is 31.4 Å². The molecule has 1 aromatic heterocycles. The average Bonchev–Trinajstić information content (AvgIpc) is 3.44. The predicted octanol–water partition coefficient (Wildman–Crippen LogP) is 5.45. The highest BCUT2D eigenvalue weighted by molar-refractivity contribution is 7.80. The van der Waals surface area contributed by atoms with Gasteiger partial charge in [-0.3, -0.25) is 14.4 Å². The fourth-order valence-electron chi connectivity index (χ4n) is 5.24. The first-order valence-electron chi connectivity index (χ1n) is 16.5. The maximum absolute atomic E-state index is 13.1. The number of nitrogens with one attached hydrogen (secondary N) is 2. The molecule has 2 atom stereocenters. The van der Waals surface area contributed by atoms with Crippen molar-refractivity contribution in [2.24, 2.45) is 11.7 Å². The smallest absolute Gasteiger partial charge is 0.254 e. The van der Waals surface area contributed by atoms with Crippen LogP contribution in [0.1, 0.15) is 77.6 Å². The summed E-state index contributed by atoms with van der Waals surface area (Å²) in [5.74, 6) is 1.53. The van der Waals surface area contributed by atoms with Crippen molar-refractivity contribution < 1.29 is 33.1 Å². The van der Waals surface area contributed by atoms with Gasteiger partial charge in [-0.25, -0.2) is 0 Å². The van der Waals surface area contributed by atoms with Crippen molar-refractivity contribution in [2.45, 2.75) is 91.4 Å². The Balaban J connectivity index is 1.49. The summed E-state index contributed by atoms with van der Waals surface area (Å²) in [6.07, 6.45) is 2.64. The standard InChI is InChI=1S/C35H51N5O7S/c1-21(2)31(37-33(41)27(36)11-10-18-48)34(42)38-32-26-14-13-25(20-29(26)47-39-32)45-16-8-9-17-46-28-15-12-24(19-30(28)44-7)35(43)40(22(3)4)23(5)6/h12-15,19-23,27,31,48H,8-11,16-18,36H2,1-7H3,(H,37,41)(H,38,39,42). The number of benzene rings is 2. The minimum absolute atomic E-state index is 0.0478. The van der Waals surface area contributed by atoms with Crippen molar-refractivity contribution in [3.63, 3.8) is 0 Å². The number of amides is 3. The van der Waals surface area contributed by atoms with Gasteiger partial charge >= 0.3 is 0 Å². The Bertz CT molecular complexity index is 1500. The van der Waals surface area contributed by atoms with Crippen LogP contribution >= 0.6 is 12.6 Å². The number of methoxy groups -OCH3 is 1. The summed E-state index contributed by atoms with van der Waals surface area (Å²) in [7, 11) is 1.56. The molecule has 0 fully saturated rings. The lowest BCUT2D eigenvalue weighted by molar-refractivity contribution is -0.128.